The summed E-state index contributed by atoms with van der Waals surface area (Å²) in [5.41, 5.74) is 1.83. The lowest BCUT2D eigenvalue weighted by molar-refractivity contribution is -0.122. The molecule has 1 saturated heterocycles. The predicted octanol–water partition coefficient (Wildman–Crippen LogP) is 4.04. The van der Waals surface area contributed by atoms with E-state index in [2.05, 4.69) is 5.32 Å². The Balaban J connectivity index is 1.63. The number of thiocarbonyl (C=S) groups is 1. The molecule has 3 amide bonds. The third kappa shape index (κ3) is 4.18. The molecule has 2 aliphatic rings. The van der Waals surface area contributed by atoms with Crippen LogP contribution in [0.2, 0.25) is 0 Å². The fourth-order valence-corrected chi connectivity index (χ4v) is 4.95. The van der Waals surface area contributed by atoms with E-state index >= 15 is 0 Å². The Hall–Kier alpha value is -3.04. The third-order valence-corrected chi connectivity index (χ3v) is 6.43. The monoisotopic (exact) mass is 469 g/mol. The number of nitrogens with one attached hydrogen (secondary N) is 1. The van der Waals surface area contributed by atoms with Gasteiger partial charge < -0.3 is 5.32 Å². The number of halogens is 1. The average molecular weight is 470 g/mol. The van der Waals surface area contributed by atoms with Crippen LogP contribution in [0.4, 0.5) is 15.8 Å². The quantitative estimate of drug-likeness (QED) is 0.529. The molecular formula is C23H20FN3O3S2. The Kier molecular flexibility index (Phi) is 6.12. The molecule has 32 heavy (non-hydrogen) atoms. The average Bonchev–Trinajstić information content (AvgIpc) is 3.17. The molecule has 2 heterocycles. The highest BCUT2D eigenvalue weighted by atomic mass is 32.2. The molecule has 0 spiro atoms. The summed E-state index contributed by atoms with van der Waals surface area (Å²) in [5, 5.41) is 2.66. The highest BCUT2D eigenvalue weighted by molar-refractivity contribution is 8.26. The molecule has 2 aromatic carbocycles. The number of fused-ring (bicyclic) bond motifs is 1. The number of carbonyl (C=O) groups excluding carboxylic acids is 3. The fourth-order valence-electron chi connectivity index (χ4n) is 3.61. The third-order valence-electron chi connectivity index (χ3n) is 4.98. The summed E-state index contributed by atoms with van der Waals surface area (Å²) in [4.78, 5) is 42.2. The molecule has 1 fully saturated rings. The molecule has 0 bridgehead atoms. The Morgan fingerprint density at radius 3 is 2.44 bits per heavy atom. The van der Waals surface area contributed by atoms with Crippen LogP contribution in [0.1, 0.15) is 19.4 Å². The number of thioether (sulfide) groups is 1. The number of benzene rings is 2. The first-order chi connectivity index (χ1) is 15.3. The van der Waals surface area contributed by atoms with Crippen molar-refractivity contribution in [2.45, 2.75) is 13.8 Å². The maximum Gasteiger partial charge on any atom is 0.267 e. The van der Waals surface area contributed by atoms with Crippen LogP contribution in [-0.2, 0) is 14.4 Å². The van der Waals surface area contributed by atoms with Gasteiger partial charge in [-0.3, -0.25) is 24.2 Å². The van der Waals surface area contributed by atoms with Crippen LogP contribution in [-0.4, -0.2) is 40.0 Å². The molecule has 0 aromatic heterocycles. The van der Waals surface area contributed by atoms with Gasteiger partial charge in [-0.25, -0.2) is 4.39 Å². The van der Waals surface area contributed by atoms with Crippen LogP contribution in [0.5, 0.6) is 0 Å². The Labute approximate surface area is 194 Å². The molecule has 2 aromatic rings. The van der Waals surface area contributed by atoms with Crippen LogP contribution in [0.3, 0.4) is 0 Å². The number of nitrogens with zero attached hydrogens (tertiary/aromatic N) is 2. The molecule has 0 saturated carbocycles. The van der Waals surface area contributed by atoms with Gasteiger partial charge in [-0.15, -0.1) is 0 Å². The second kappa shape index (κ2) is 8.84. The van der Waals surface area contributed by atoms with E-state index in [1.54, 1.807) is 24.3 Å². The van der Waals surface area contributed by atoms with Crippen LogP contribution < -0.4 is 10.2 Å². The van der Waals surface area contributed by atoms with Crippen LogP contribution >= 0.6 is 24.0 Å². The zero-order valence-electron chi connectivity index (χ0n) is 17.4. The van der Waals surface area contributed by atoms with Crippen molar-refractivity contribution in [1.29, 1.82) is 0 Å². The summed E-state index contributed by atoms with van der Waals surface area (Å²) in [6.07, 6.45) is 0. The summed E-state index contributed by atoms with van der Waals surface area (Å²) in [6.45, 7) is 4.20. The van der Waals surface area contributed by atoms with Gasteiger partial charge in [0.25, 0.3) is 11.8 Å². The smallest absolute Gasteiger partial charge is 0.267 e. The van der Waals surface area contributed by atoms with E-state index < -0.39 is 17.6 Å². The van der Waals surface area contributed by atoms with Crippen molar-refractivity contribution < 1.29 is 18.8 Å². The van der Waals surface area contributed by atoms with Crippen LogP contribution in [0.15, 0.2) is 53.4 Å². The Bertz CT molecular complexity index is 1160. The fraction of sp³-hybridized carbons (Fsp3) is 0.217. The van der Waals surface area contributed by atoms with Crippen molar-refractivity contribution in [3.8, 4) is 0 Å². The largest absolute Gasteiger partial charge is 0.325 e. The summed E-state index contributed by atoms with van der Waals surface area (Å²) in [5.74, 6) is -1.34. The highest BCUT2D eigenvalue weighted by Gasteiger charge is 2.42. The van der Waals surface area contributed by atoms with E-state index in [1.165, 1.54) is 34.1 Å². The molecule has 4 rings (SSSR count). The predicted molar refractivity (Wildman–Crippen MR) is 127 cm³/mol. The minimum absolute atomic E-state index is 0.222. The maximum absolute atomic E-state index is 13.4. The van der Waals surface area contributed by atoms with Gasteiger partial charge in [0.1, 0.15) is 16.7 Å². The summed E-state index contributed by atoms with van der Waals surface area (Å²) in [7, 11) is 0. The zero-order chi connectivity index (χ0) is 23.0. The van der Waals surface area contributed by atoms with E-state index in [9.17, 15) is 18.8 Å². The number of hydrogen-bond donors (Lipinski definition) is 1. The minimum atomic E-state index is -0.437. The van der Waals surface area contributed by atoms with Crippen LogP contribution in [0, 0.1) is 11.7 Å². The Morgan fingerprint density at radius 2 is 1.75 bits per heavy atom. The van der Waals surface area contributed by atoms with Crippen molar-refractivity contribution in [3.05, 3.63) is 64.8 Å². The van der Waals surface area contributed by atoms with Gasteiger partial charge in [-0.2, -0.15) is 0 Å². The van der Waals surface area contributed by atoms with E-state index in [0.717, 1.165) is 11.8 Å². The molecule has 6 nitrogen and oxygen atoms in total. The lowest BCUT2D eigenvalue weighted by atomic mass is 10.1. The highest BCUT2D eigenvalue weighted by Crippen LogP contribution is 2.44. The number of anilines is 2. The van der Waals surface area contributed by atoms with Crippen LogP contribution in [0.25, 0.3) is 5.57 Å². The van der Waals surface area contributed by atoms with Crippen molar-refractivity contribution in [3.63, 3.8) is 0 Å². The number of carbonyl (C=O) groups is 3. The van der Waals surface area contributed by atoms with Gasteiger partial charge in [-0.05, 0) is 36.2 Å². The minimum Gasteiger partial charge on any atom is -0.325 e. The number of para-hydroxylation sites is 1. The molecule has 1 N–H and O–H groups in total. The second-order valence-electron chi connectivity index (χ2n) is 7.85. The lowest BCUT2D eigenvalue weighted by Gasteiger charge is -2.17. The summed E-state index contributed by atoms with van der Waals surface area (Å²) < 4.78 is 13.5. The summed E-state index contributed by atoms with van der Waals surface area (Å²) >= 11 is 6.50. The second-order valence-corrected chi connectivity index (χ2v) is 9.49. The molecular weight excluding hydrogens is 449 g/mol. The summed E-state index contributed by atoms with van der Waals surface area (Å²) in [6, 6.07) is 12.4. The maximum atomic E-state index is 13.4. The van der Waals surface area contributed by atoms with Crippen molar-refractivity contribution in [2.24, 2.45) is 5.92 Å². The molecule has 0 atom stereocenters. The first-order valence-corrected chi connectivity index (χ1v) is 11.2. The molecule has 2 aliphatic heterocycles. The van der Waals surface area contributed by atoms with E-state index in [1.807, 2.05) is 13.8 Å². The number of rotatable bonds is 5. The van der Waals surface area contributed by atoms with E-state index in [-0.39, 0.29) is 28.8 Å². The van der Waals surface area contributed by atoms with Crippen molar-refractivity contribution in [1.82, 2.24) is 4.90 Å². The lowest BCUT2D eigenvalue weighted by Crippen LogP contribution is -2.36. The Morgan fingerprint density at radius 1 is 1.06 bits per heavy atom. The first kappa shape index (κ1) is 22.2. The standard InChI is InChI=1S/C23H20FN3O3S2/c1-13(2)11-27-22(30)20(32-23(27)31)19-16-5-3-4-6-17(16)26(21(19)29)12-18(28)25-15-9-7-14(24)8-10-15/h3-10,13H,11-12H2,1-2H3,(H,25,28). The van der Waals surface area contributed by atoms with Gasteiger partial charge in [0.05, 0.1) is 16.2 Å². The molecule has 0 aliphatic carbocycles. The molecule has 0 radical (unpaired) electrons. The van der Waals surface area contributed by atoms with Gasteiger partial charge in [0, 0.05) is 17.8 Å². The van der Waals surface area contributed by atoms with Gasteiger partial charge >= 0.3 is 0 Å². The van der Waals surface area contributed by atoms with Gasteiger partial charge in [0.2, 0.25) is 5.91 Å². The van der Waals surface area contributed by atoms with E-state index in [0.29, 0.717) is 27.8 Å². The van der Waals surface area contributed by atoms with E-state index in [4.69, 9.17) is 12.2 Å². The number of amides is 3. The molecule has 0 unspecified atom stereocenters. The first-order valence-electron chi connectivity index (χ1n) is 10.0. The topological polar surface area (TPSA) is 69.7 Å². The zero-order valence-corrected chi connectivity index (χ0v) is 19.1. The van der Waals surface area contributed by atoms with Crippen molar-refractivity contribution >= 4 is 63.0 Å². The van der Waals surface area contributed by atoms with Crippen molar-refractivity contribution in [2.75, 3.05) is 23.3 Å². The van der Waals surface area contributed by atoms with Gasteiger partial charge in [0.15, 0.2) is 0 Å². The van der Waals surface area contributed by atoms with Gasteiger partial charge in [-0.1, -0.05) is 56.0 Å². The SMILES string of the molecule is CC(C)CN1C(=O)C(=C2C(=O)N(CC(=O)Nc3ccc(F)cc3)c3ccccc32)SC1=S. The molecule has 9 heteroatoms. The normalized spacial score (nSPS) is 18.1. The molecule has 164 valence electrons. The number of hydrogen-bond acceptors (Lipinski definition) is 5.